The van der Waals surface area contributed by atoms with Crippen LogP contribution in [0.25, 0.3) is 0 Å². The maximum Gasteiger partial charge on any atom is 0.0704 e. The van der Waals surface area contributed by atoms with Crippen LogP contribution in [-0.2, 0) is 9.47 Å². The van der Waals surface area contributed by atoms with Gasteiger partial charge in [0.1, 0.15) is 0 Å². The van der Waals surface area contributed by atoms with Crippen LogP contribution in [0.15, 0.2) is 0 Å². The minimum atomic E-state index is 0.349. The van der Waals surface area contributed by atoms with Gasteiger partial charge in [0.05, 0.1) is 19.3 Å². The third kappa shape index (κ3) is 8.48. The van der Waals surface area contributed by atoms with Gasteiger partial charge in [-0.1, -0.05) is 20.3 Å². The fourth-order valence-electron chi connectivity index (χ4n) is 1.30. The molecule has 0 aliphatic carbocycles. The number of ether oxygens (including phenoxy) is 2. The second-order valence-electron chi connectivity index (χ2n) is 3.48. The zero-order valence-corrected chi connectivity index (χ0v) is 9.84. The van der Waals surface area contributed by atoms with Gasteiger partial charge in [-0.2, -0.15) is 0 Å². The molecule has 0 aliphatic heterocycles. The summed E-state index contributed by atoms with van der Waals surface area (Å²) >= 11 is 0. The Morgan fingerprint density at radius 3 is 2.50 bits per heavy atom. The van der Waals surface area contributed by atoms with E-state index in [4.69, 9.17) is 9.47 Å². The summed E-state index contributed by atoms with van der Waals surface area (Å²) in [4.78, 5) is 0. The van der Waals surface area contributed by atoms with E-state index in [1.54, 1.807) is 7.11 Å². The van der Waals surface area contributed by atoms with Crippen molar-refractivity contribution in [3.63, 3.8) is 0 Å². The van der Waals surface area contributed by atoms with Crippen LogP contribution in [0.5, 0.6) is 0 Å². The minimum absolute atomic E-state index is 0.349. The summed E-state index contributed by atoms with van der Waals surface area (Å²) in [6.45, 7) is 7.79. The normalized spacial score (nSPS) is 13.1. The fourth-order valence-corrected chi connectivity index (χ4v) is 1.30. The van der Waals surface area contributed by atoms with E-state index >= 15 is 0 Å². The summed E-state index contributed by atoms with van der Waals surface area (Å²) in [7, 11) is 1.70. The molecule has 0 amide bonds. The Bertz CT molecular complexity index is 99.5. The van der Waals surface area contributed by atoms with Crippen molar-refractivity contribution in [2.75, 3.05) is 33.4 Å². The van der Waals surface area contributed by atoms with Crippen LogP contribution in [0.2, 0.25) is 0 Å². The van der Waals surface area contributed by atoms with Crippen molar-refractivity contribution in [2.45, 2.75) is 39.2 Å². The molecular weight excluding hydrogens is 178 g/mol. The summed E-state index contributed by atoms with van der Waals surface area (Å²) in [5.74, 6) is 0. The predicted molar refractivity (Wildman–Crippen MR) is 59.7 cm³/mol. The van der Waals surface area contributed by atoms with Gasteiger partial charge in [-0.25, -0.2) is 0 Å². The Kier molecular flexibility index (Phi) is 10.9. The van der Waals surface area contributed by atoms with Crippen LogP contribution in [0, 0.1) is 0 Å². The lowest BCUT2D eigenvalue weighted by Crippen LogP contribution is -2.30. The molecule has 0 spiro atoms. The average molecular weight is 203 g/mol. The minimum Gasteiger partial charge on any atom is -0.382 e. The number of rotatable bonds is 10. The molecule has 1 atom stereocenters. The molecule has 3 nitrogen and oxygen atoms in total. The molecule has 86 valence electrons. The van der Waals surface area contributed by atoms with Gasteiger partial charge in [0.2, 0.25) is 0 Å². The fraction of sp³-hybridized carbons (Fsp3) is 1.00. The zero-order chi connectivity index (χ0) is 10.6. The molecule has 0 fully saturated rings. The molecule has 1 N–H and O–H groups in total. The molecule has 0 saturated heterocycles. The second-order valence-corrected chi connectivity index (χ2v) is 3.48. The highest BCUT2D eigenvalue weighted by Gasteiger charge is 2.06. The van der Waals surface area contributed by atoms with Crippen LogP contribution < -0.4 is 5.32 Å². The third-order valence-corrected chi connectivity index (χ3v) is 2.05. The highest BCUT2D eigenvalue weighted by Crippen LogP contribution is 2.00. The number of hydrogen-bond donors (Lipinski definition) is 1. The Hall–Kier alpha value is -0.120. The molecule has 0 bridgehead atoms. The Labute approximate surface area is 88.2 Å². The van der Waals surface area contributed by atoms with Crippen LogP contribution in [0.3, 0.4) is 0 Å². The van der Waals surface area contributed by atoms with Gasteiger partial charge < -0.3 is 14.8 Å². The number of nitrogens with one attached hydrogen (secondary N) is 1. The lowest BCUT2D eigenvalue weighted by molar-refractivity contribution is 0.0135. The first-order valence-corrected chi connectivity index (χ1v) is 5.66. The van der Waals surface area contributed by atoms with E-state index in [1.165, 1.54) is 12.8 Å². The molecule has 0 aromatic rings. The van der Waals surface area contributed by atoms with E-state index in [2.05, 4.69) is 19.2 Å². The zero-order valence-electron chi connectivity index (χ0n) is 9.84. The summed E-state index contributed by atoms with van der Waals surface area (Å²) in [5, 5.41) is 3.38. The first kappa shape index (κ1) is 13.9. The molecule has 0 aliphatic rings. The summed E-state index contributed by atoms with van der Waals surface area (Å²) in [6.07, 6.45) is 3.82. The van der Waals surface area contributed by atoms with Gasteiger partial charge >= 0.3 is 0 Å². The maximum atomic E-state index is 5.68. The Morgan fingerprint density at radius 1 is 1.14 bits per heavy atom. The number of methoxy groups -OCH3 is 1. The largest absolute Gasteiger partial charge is 0.382 e. The van der Waals surface area contributed by atoms with Gasteiger partial charge in [-0.3, -0.25) is 0 Å². The molecular formula is C11H25NO2. The maximum absolute atomic E-state index is 5.68. The Morgan fingerprint density at radius 2 is 1.93 bits per heavy atom. The van der Waals surface area contributed by atoms with Crippen molar-refractivity contribution in [3.8, 4) is 0 Å². The standard InChI is InChI=1S/C11H25NO2/c1-4-6-11(10-12-7-5-2)14-9-8-13-3/h11-12H,4-10H2,1-3H3. The van der Waals surface area contributed by atoms with Gasteiger partial charge in [0.25, 0.3) is 0 Å². The predicted octanol–water partition coefficient (Wildman–Crippen LogP) is 1.82. The van der Waals surface area contributed by atoms with Crippen LogP contribution >= 0.6 is 0 Å². The van der Waals surface area contributed by atoms with Crippen molar-refractivity contribution < 1.29 is 9.47 Å². The summed E-state index contributed by atoms with van der Waals surface area (Å²) in [5.41, 5.74) is 0. The van der Waals surface area contributed by atoms with E-state index in [9.17, 15) is 0 Å². The van der Waals surface area contributed by atoms with Gasteiger partial charge in [0.15, 0.2) is 0 Å². The van der Waals surface area contributed by atoms with Crippen LogP contribution in [0.4, 0.5) is 0 Å². The Balaban J connectivity index is 3.44. The quantitative estimate of drug-likeness (QED) is 0.549. The van der Waals surface area contributed by atoms with Crippen LogP contribution in [0.1, 0.15) is 33.1 Å². The molecule has 0 rings (SSSR count). The van der Waals surface area contributed by atoms with Crippen molar-refractivity contribution in [1.82, 2.24) is 5.32 Å². The van der Waals surface area contributed by atoms with Gasteiger partial charge in [-0.05, 0) is 19.4 Å². The van der Waals surface area contributed by atoms with E-state index < -0.39 is 0 Å². The lowest BCUT2D eigenvalue weighted by atomic mass is 10.2. The van der Waals surface area contributed by atoms with E-state index in [1.807, 2.05) is 0 Å². The molecule has 14 heavy (non-hydrogen) atoms. The average Bonchev–Trinajstić information content (AvgIpc) is 2.18. The van der Waals surface area contributed by atoms with Crippen LogP contribution in [-0.4, -0.2) is 39.5 Å². The molecule has 3 heteroatoms. The lowest BCUT2D eigenvalue weighted by Gasteiger charge is -2.17. The highest BCUT2D eigenvalue weighted by molar-refractivity contribution is 4.61. The smallest absolute Gasteiger partial charge is 0.0704 e. The molecule has 0 heterocycles. The first-order valence-electron chi connectivity index (χ1n) is 5.66. The SMILES string of the molecule is CCCNCC(CCC)OCCOC. The third-order valence-electron chi connectivity index (χ3n) is 2.05. The van der Waals surface area contributed by atoms with Crippen molar-refractivity contribution in [1.29, 1.82) is 0 Å². The summed E-state index contributed by atoms with van der Waals surface area (Å²) in [6, 6.07) is 0. The molecule has 1 unspecified atom stereocenters. The second kappa shape index (κ2) is 11.0. The van der Waals surface area contributed by atoms with E-state index in [0.29, 0.717) is 19.3 Å². The monoisotopic (exact) mass is 203 g/mol. The first-order chi connectivity index (χ1) is 6.85. The summed E-state index contributed by atoms with van der Waals surface area (Å²) < 4.78 is 10.6. The number of hydrogen-bond acceptors (Lipinski definition) is 3. The molecule has 0 saturated carbocycles. The molecule has 0 radical (unpaired) electrons. The van der Waals surface area contributed by atoms with E-state index in [0.717, 1.165) is 19.5 Å². The van der Waals surface area contributed by atoms with Gasteiger partial charge in [-0.15, -0.1) is 0 Å². The van der Waals surface area contributed by atoms with Crippen molar-refractivity contribution in [2.24, 2.45) is 0 Å². The van der Waals surface area contributed by atoms with Gasteiger partial charge in [0, 0.05) is 13.7 Å². The van der Waals surface area contributed by atoms with Crippen molar-refractivity contribution >= 4 is 0 Å². The van der Waals surface area contributed by atoms with Crippen molar-refractivity contribution in [3.05, 3.63) is 0 Å². The highest BCUT2D eigenvalue weighted by atomic mass is 16.5. The topological polar surface area (TPSA) is 30.5 Å². The molecule has 0 aromatic heterocycles. The van der Waals surface area contributed by atoms with E-state index in [-0.39, 0.29) is 0 Å². The molecule has 0 aromatic carbocycles.